The molecule has 98 valence electrons. The SMILES string of the molecule is Nc1cccc(OC(F)F)c1C(=O)c1ccccn1. The van der Waals surface area contributed by atoms with Gasteiger partial charge in [0.05, 0.1) is 5.56 Å². The van der Waals surface area contributed by atoms with Gasteiger partial charge in [-0.15, -0.1) is 0 Å². The molecule has 2 rings (SSSR count). The summed E-state index contributed by atoms with van der Waals surface area (Å²) < 4.78 is 28.9. The van der Waals surface area contributed by atoms with Crippen LogP contribution in [0.1, 0.15) is 16.1 Å². The molecule has 0 bridgehead atoms. The van der Waals surface area contributed by atoms with Gasteiger partial charge in [-0.1, -0.05) is 12.1 Å². The van der Waals surface area contributed by atoms with Gasteiger partial charge in [-0.25, -0.2) is 0 Å². The Labute approximate surface area is 107 Å². The fourth-order valence-corrected chi connectivity index (χ4v) is 1.61. The number of hydrogen-bond donors (Lipinski definition) is 1. The number of pyridine rings is 1. The third-order valence-corrected chi connectivity index (χ3v) is 2.40. The number of halogens is 2. The molecule has 0 saturated carbocycles. The van der Waals surface area contributed by atoms with Gasteiger partial charge in [-0.05, 0) is 24.3 Å². The van der Waals surface area contributed by atoms with E-state index in [1.165, 1.54) is 30.5 Å². The maximum absolute atomic E-state index is 12.3. The summed E-state index contributed by atoms with van der Waals surface area (Å²) in [6.07, 6.45) is 1.43. The number of benzene rings is 1. The molecular weight excluding hydrogens is 254 g/mol. The molecular formula is C13H10F2N2O2. The largest absolute Gasteiger partial charge is 0.434 e. The summed E-state index contributed by atoms with van der Waals surface area (Å²) in [6, 6.07) is 8.87. The highest BCUT2D eigenvalue weighted by atomic mass is 19.3. The minimum atomic E-state index is -3.03. The molecule has 4 nitrogen and oxygen atoms in total. The van der Waals surface area contributed by atoms with E-state index in [0.29, 0.717) is 0 Å². The third-order valence-electron chi connectivity index (χ3n) is 2.40. The molecule has 19 heavy (non-hydrogen) atoms. The van der Waals surface area contributed by atoms with Crippen molar-refractivity contribution < 1.29 is 18.3 Å². The van der Waals surface area contributed by atoms with Crippen LogP contribution in [0.25, 0.3) is 0 Å². The number of anilines is 1. The molecule has 0 aliphatic heterocycles. The Morgan fingerprint density at radius 1 is 1.21 bits per heavy atom. The topological polar surface area (TPSA) is 65.2 Å². The van der Waals surface area contributed by atoms with Gasteiger partial charge in [0.25, 0.3) is 0 Å². The monoisotopic (exact) mass is 264 g/mol. The maximum atomic E-state index is 12.3. The molecule has 0 fully saturated rings. The molecule has 0 aliphatic rings. The predicted molar refractivity (Wildman–Crippen MR) is 65.2 cm³/mol. The highest BCUT2D eigenvalue weighted by Gasteiger charge is 2.20. The van der Waals surface area contributed by atoms with Gasteiger partial charge < -0.3 is 10.5 Å². The molecule has 2 aromatic rings. The zero-order valence-electron chi connectivity index (χ0n) is 9.72. The van der Waals surface area contributed by atoms with Crippen molar-refractivity contribution in [2.45, 2.75) is 6.61 Å². The second kappa shape index (κ2) is 5.43. The first kappa shape index (κ1) is 12.9. The summed E-state index contributed by atoms with van der Waals surface area (Å²) in [5.74, 6) is -0.819. The number of rotatable bonds is 4. The Hall–Kier alpha value is -2.50. The third kappa shape index (κ3) is 2.85. The number of nitrogens with zero attached hydrogens (tertiary/aromatic N) is 1. The first-order valence-corrected chi connectivity index (χ1v) is 5.38. The van der Waals surface area contributed by atoms with Crippen LogP contribution < -0.4 is 10.5 Å². The molecule has 1 aromatic carbocycles. The molecule has 0 spiro atoms. The van der Waals surface area contributed by atoms with Crippen molar-refractivity contribution in [3.05, 3.63) is 53.9 Å². The van der Waals surface area contributed by atoms with Crippen molar-refractivity contribution in [1.82, 2.24) is 4.98 Å². The number of ether oxygens (including phenoxy) is 1. The minimum Gasteiger partial charge on any atom is -0.434 e. The van der Waals surface area contributed by atoms with E-state index in [1.54, 1.807) is 12.1 Å². The minimum absolute atomic E-state index is 0.0637. The van der Waals surface area contributed by atoms with Gasteiger partial charge in [-0.2, -0.15) is 8.78 Å². The lowest BCUT2D eigenvalue weighted by molar-refractivity contribution is -0.0500. The van der Waals surface area contributed by atoms with Crippen LogP contribution in [0.15, 0.2) is 42.6 Å². The van der Waals surface area contributed by atoms with Crippen LogP contribution in [0.2, 0.25) is 0 Å². The van der Waals surface area contributed by atoms with Gasteiger partial charge in [0, 0.05) is 11.9 Å². The summed E-state index contributed by atoms with van der Waals surface area (Å²) in [6.45, 7) is -3.03. The Morgan fingerprint density at radius 2 is 2.00 bits per heavy atom. The highest BCUT2D eigenvalue weighted by molar-refractivity contribution is 6.12. The fourth-order valence-electron chi connectivity index (χ4n) is 1.61. The molecule has 2 N–H and O–H groups in total. The predicted octanol–water partition coefficient (Wildman–Crippen LogP) is 2.50. The van der Waals surface area contributed by atoms with Crippen molar-refractivity contribution >= 4 is 11.5 Å². The standard InChI is InChI=1S/C13H10F2N2O2/c14-13(15)19-10-6-3-4-8(16)11(10)12(18)9-5-1-2-7-17-9/h1-7,13H,16H2. The molecule has 6 heteroatoms. The van der Waals surface area contributed by atoms with Gasteiger partial charge >= 0.3 is 6.61 Å². The van der Waals surface area contributed by atoms with E-state index in [4.69, 9.17) is 5.73 Å². The lowest BCUT2D eigenvalue weighted by Crippen LogP contribution is -2.12. The van der Waals surface area contributed by atoms with E-state index < -0.39 is 12.4 Å². The van der Waals surface area contributed by atoms with Crippen LogP contribution in [0.3, 0.4) is 0 Å². The van der Waals surface area contributed by atoms with E-state index >= 15 is 0 Å². The Balaban J connectivity index is 2.46. The van der Waals surface area contributed by atoms with Crippen LogP contribution in [0.4, 0.5) is 14.5 Å². The normalized spacial score (nSPS) is 10.5. The lowest BCUT2D eigenvalue weighted by Gasteiger charge is -2.11. The number of carbonyl (C=O) groups is 1. The summed E-state index contributed by atoms with van der Waals surface area (Å²) in [5.41, 5.74) is 5.73. The lowest BCUT2D eigenvalue weighted by atomic mass is 10.0. The zero-order chi connectivity index (χ0) is 13.8. The summed E-state index contributed by atoms with van der Waals surface area (Å²) >= 11 is 0. The number of alkyl halides is 2. The second-order valence-corrected chi connectivity index (χ2v) is 3.64. The van der Waals surface area contributed by atoms with Crippen LogP contribution in [-0.4, -0.2) is 17.4 Å². The van der Waals surface area contributed by atoms with E-state index in [1.807, 2.05) is 0 Å². The van der Waals surface area contributed by atoms with Crippen LogP contribution in [-0.2, 0) is 0 Å². The fraction of sp³-hybridized carbons (Fsp3) is 0.0769. The van der Waals surface area contributed by atoms with Gasteiger partial charge in [0.2, 0.25) is 5.78 Å². The number of carbonyl (C=O) groups excluding carboxylic acids is 1. The average Bonchev–Trinajstić information content (AvgIpc) is 2.38. The Morgan fingerprint density at radius 3 is 2.63 bits per heavy atom. The van der Waals surface area contributed by atoms with Crippen LogP contribution in [0.5, 0.6) is 5.75 Å². The van der Waals surface area contributed by atoms with E-state index in [2.05, 4.69) is 9.72 Å². The smallest absolute Gasteiger partial charge is 0.387 e. The van der Waals surface area contributed by atoms with Crippen molar-refractivity contribution in [2.24, 2.45) is 0 Å². The molecule has 0 unspecified atom stereocenters. The van der Waals surface area contributed by atoms with Gasteiger partial charge in [0.1, 0.15) is 11.4 Å². The zero-order valence-corrected chi connectivity index (χ0v) is 9.72. The first-order valence-electron chi connectivity index (χ1n) is 5.38. The molecule has 1 aromatic heterocycles. The first-order chi connectivity index (χ1) is 9.09. The summed E-state index contributed by atoms with van der Waals surface area (Å²) in [4.78, 5) is 16.1. The van der Waals surface area contributed by atoms with E-state index in [0.717, 1.165) is 0 Å². The van der Waals surface area contributed by atoms with Crippen molar-refractivity contribution in [3.63, 3.8) is 0 Å². The average molecular weight is 264 g/mol. The van der Waals surface area contributed by atoms with Crippen LogP contribution in [0, 0.1) is 0 Å². The van der Waals surface area contributed by atoms with Crippen molar-refractivity contribution in [3.8, 4) is 5.75 Å². The van der Waals surface area contributed by atoms with Gasteiger partial charge in [0.15, 0.2) is 0 Å². The number of aromatic nitrogens is 1. The number of hydrogen-bond acceptors (Lipinski definition) is 4. The Kier molecular flexibility index (Phi) is 3.70. The molecule has 0 aliphatic carbocycles. The Bertz CT molecular complexity index is 588. The van der Waals surface area contributed by atoms with E-state index in [-0.39, 0.29) is 22.7 Å². The second-order valence-electron chi connectivity index (χ2n) is 3.64. The number of nitrogen functional groups attached to an aromatic ring is 1. The molecule has 1 heterocycles. The van der Waals surface area contributed by atoms with E-state index in [9.17, 15) is 13.6 Å². The van der Waals surface area contributed by atoms with Crippen LogP contribution >= 0.6 is 0 Å². The molecule has 0 radical (unpaired) electrons. The molecule has 0 saturated heterocycles. The summed E-state index contributed by atoms with van der Waals surface area (Å²) in [5, 5.41) is 0. The number of nitrogens with two attached hydrogens (primary N) is 1. The van der Waals surface area contributed by atoms with Crippen molar-refractivity contribution in [2.75, 3.05) is 5.73 Å². The van der Waals surface area contributed by atoms with Crippen molar-refractivity contribution in [1.29, 1.82) is 0 Å². The summed E-state index contributed by atoms with van der Waals surface area (Å²) in [7, 11) is 0. The molecule has 0 amide bonds. The number of ketones is 1. The maximum Gasteiger partial charge on any atom is 0.387 e. The van der Waals surface area contributed by atoms with Gasteiger partial charge in [-0.3, -0.25) is 9.78 Å². The molecule has 0 atom stereocenters. The quantitative estimate of drug-likeness (QED) is 0.680. The highest BCUT2D eigenvalue weighted by Crippen LogP contribution is 2.28.